The average Bonchev–Trinajstić information content (AvgIpc) is 3.70. The summed E-state index contributed by atoms with van der Waals surface area (Å²) in [4.78, 5) is 24.1. The second-order valence-corrected chi connectivity index (χ2v) is 18.0. The molecule has 2 saturated heterocycles. The molecule has 0 aromatic heterocycles. The second kappa shape index (κ2) is 19.1. The summed E-state index contributed by atoms with van der Waals surface area (Å²) in [5.41, 5.74) is 0.877. The van der Waals surface area contributed by atoms with Crippen molar-refractivity contribution in [3.05, 3.63) is 117 Å². The van der Waals surface area contributed by atoms with E-state index in [0.717, 1.165) is 10.4 Å². The quantitative estimate of drug-likeness (QED) is 0.116. The lowest BCUT2D eigenvalue weighted by atomic mass is 10.2. The number of hydrogen-bond donors (Lipinski definition) is 5. The van der Waals surface area contributed by atoms with Gasteiger partial charge in [-0.15, -0.1) is 0 Å². The van der Waals surface area contributed by atoms with Crippen LogP contribution in [0.4, 0.5) is 28.9 Å². The van der Waals surface area contributed by atoms with Gasteiger partial charge in [-0.25, -0.2) is 34.4 Å². The topological polar surface area (TPSA) is 182 Å². The van der Waals surface area contributed by atoms with Gasteiger partial charge in [-0.3, -0.25) is 9.59 Å². The number of β-amino-alcohol motifs (C(OH)–C–C–N with tert-alkyl or cyclic N) is 2. The third-order valence-corrected chi connectivity index (χ3v) is 12.2. The number of sulfonamides is 1. The Morgan fingerprint density at radius 2 is 1.20 bits per heavy atom. The Morgan fingerprint density at radius 1 is 0.709 bits per heavy atom. The van der Waals surface area contributed by atoms with Crippen molar-refractivity contribution < 1.29 is 54.2 Å². The van der Waals surface area contributed by atoms with Crippen molar-refractivity contribution in [2.75, 3.05) is 36.8 Å². The van der Waals surface area contributed by atoms with E-state index in [1.807, 2.05) is 0 Å². The molecular weight excluding hydrogens is 928 g/mol. The molecule has 0 radical (unpaired) electrons. The summed E-state index contributed by atoms with van der Waals surface area (Å²) in [7, 11) is -2.73. The molecule has 4 aromatic carbocycles. The molecule has 0 aliphatic carbocycles. The van der Waals surface area contributed by atoms with E-state index < -0.39 is 73.6 Å². The summed E-state index contributed by atoms with van der Waals surface area (Å²) in [5.74, 6) is -2.06. The number of hydrogen-bond acceptors (Lipinski definition) is 9. The van der Waals surface area contributed by atoms with Crippen molar-refractivity contribution in [3.63, 3.8) is 0 Å². The lowest BCUT2D eigenvalue weighted by Gasteiger charge is -2.16. The number of benzene rings is 4. The van der Waals surface area contributed by atoms with Crippen molar-refractivity contribution in [2.24, 2.45) is 0 Å². The van der Waals surface area contributed by atoms with Crippen molar-refractivity contribution >= 4 is 84.8 Å². The highest BCUT2D eigenvalue weighted by Gasteiger charge is 2.38. The minimum absolute atomic E-state index is 0.0630. The Labute approximate surface area is 334 Å². The molecule has 5 N–H and O–H groups in total. The Morgan fingerprint density at radius 3 is 1.58 bits per heavy atom. The first-order valence-corrected chi connectivity index (χ1v) is 21.1. The number of nitrogens with zero attached hydrogens (tertiary/aromatic N) is 1. The Bertz CT molecular complexity index is 2250. The second-order valence-electron chi connectivity index (χ2n) is 11.8. The molecule has 2 amide bonds. The zero-order valence-corrected chi connectivity index (χ0v) is 33.5. The van der Waals surface area contributed by atoms with Gasteiger partial charge in [0, 0.05) is 59.4 Å². The van der Waals surface area contributed by atoms with Gasteiger partial charge in [0.15, 0.2) is 0 Å². The molecule has 0 saturated carbocycles. The van der Waals surface area contributed by atoms with Crippen molar-refractivity contribution in [1.29, 1.82) is 0 Å². The average molecular weight is 959 g/mol. The van der Waals surface area contributed by atoms with Gasteiger partial charge in [0.05, 0.1) is 24.8 Å². The molecule has 2 aliphatic rings. The van der Waals surface area contributed by atoms with E-state index in [0.29, 0.717) is 24.5 Å². The van der Waals surface area contributed by atoms with Gasteiger partial charge in [-0.2, -0.15) is 4.31 Å². The molecule has 21 heteroatoms. The van der Waals surface area contributed by atoms with E-state index in [2.05, 4.69) is 47.8 Å². The fourth-order valence-corrected chi connectivity index (χ4v) is 7.90. The molecule has 4 unspecified atom stereocenters. The summed E-state index contributed by atoms with van der Waals surface area (Å²) in [6.45, 7) is -0.0740. The van der Waals surface area contributed by atoms with E-state index in [1.54, 1.807) is 0 Å². The fourth-order valence-electron chi connectivity index (χ4n) is 4.83. The minimum atomic E-state index is -4.05. The smallest absolute Gasteiger partial charge is 0.261 e. The van der Waals surface area contributed by atoms with Crippen LogP contribution in [-0.4, -0.2) is 93.9 Å². The SMILES string of the molecule is O=C(Nc1ccc(F)c(Br)c1)c1cccc(S(=O)(=O)Cl)c1.O=C(Nc1ccc(F)c(Br)c1)c1cccc(S(=O)(=O)N2CC(O)C(F)C2)c1.OC1CNCC1F. The number of carbonyl (C=O) groups excluding carboxylic acids is 2. The van der Waals surface area contributed by atoms with E-state index in [4.69, 9.17) is 15.8 Å². The van der Waals surface area contributed by atoms with Gasteiger partial charge < -0.3 is 26.2 Å². The van der Waals surface area contributed by atoms with Crippen LogP contribution in [0.25, 0.3) is 0 Å². The highest BCUT2D eigenvalue weighted by molar-refractivity contribution is 9.10. The van der Waals surface area contributed by atoms with Crippen LogP contribution in [0.15, 0.2) is 104 Å². The molecule has 55 heavy (non-hydrogen) atoms. The zero-order chi connectivity index (χ0) is 40.7. The molecule has 0 spiro atoms. The van der Waals surface area contributed by atoms with Crippen LogP contribution < -0.4 is 16.0 Å². The van der Waals surface area contributed by atoms with E-state index in [9.17, 15) is 49.1 Å². The molecule has 2 heterocycles. The maximum Gasteiger partial charge on any atom is 0.261 e. The normalized spacial score (nSPS) is 19.7. The number of halogens is 7. The van der Waals surface area contributed by atoms with Gasteiger partial charge in [-0.05, 0) is 105 Å². The number of rotatable bonds is 7. The van der Waals surface area contributed by atoms with Crippen molar-refractivity contribution in [3.8, 4) is 0 Å². The van der Waals surface area contributed by atoms with Gasteiger partial charge in [-0.1, -0.05) is 12.1 Å². The molecule has 12 nitrogen and oxygen atoms in total. The summed E-state index contributed by atoms with van der Waals surface area (Å²) in [5, 5.41) is 25.8. The van der Waals surface area contributed by atoms with Crippen LogP contribution in [0.1, 0.15) is 20.7 Å². The highest BCUT2D eigenvalue weighted by Crippen LogP contribution is 2.25. The summed E-state index contributed by atoms with van der Waals surface area (Å²) >= 11 is 6.02. The van der Waals surface area contributed by atoms with Crippen LogP contribution in [0.3, 0.4) is 0 Å². The van der Waals surface area contributed by atoms with Crippen molar-refractivity contribution in [1.82, 2.24) is 9.62 Å². The Kier molecular flexibility index (Phi) is 15.4. The molecule has 2 aliphatic heterocycles. The molecule has 6 rings (SSSR count). The van der Waals surface area contributed by atoms with Crippen LogP contribution in [0, 0.1) is 11.6 Å². The predicted octanol–water partition coefficient (Wildman–Crippen LogP) is 5.60. The number of aliphatic hydroxyl groups excluding tert-OH is 2. The largest absolute Gasteiger partial charge is 0.389 e. The van der Waals surface area contributed by atoms with Crippen molar-refractivity contribution in [2.45, 2.75) is 34.3 Å². The number of nitrogens with one attached hydrogen (secondary N) is 3. The van der Waals surface area contributed by atoms with Crippen LogP contribution in [0.5, 0.6) is 0 Å². The summed E-state index contributed by atoms with van der Waals surface area (Å²) in [6, 6.07) is 18.5. The summed E-state index contributed by atoms with van der Waals surface area (Å²) < 4.78 is 101. The zero-order valence-electron chi connectivity index (χ0n) is 28.0. The molecular formula is C34H31Br2ClF4N4O8S2. The van der Waals surface area contributed by atoms with Crippen LogP contribution in [0.2, 0.25) is 0 Å². The number of alkyl halides is 2. The maximum absolute atomic E-state index is 13.5. The first kappa shape index (κ1) is 44.2. The molecule has 4 aromatic rings. The lowest BCUT2D eigenvalue weighted by Crippen LogP contribution is -2.30. The van der Waals surface area contributed by atoms with Crippen LogP contribution in [-0.2, 0) is 19.1 Å². The molecule has 4 atom stereocenters. The predicted molar refractivity (Wildman–Crippen MR) is 203 cm³/mol. The molecule has 296 valence electrons. The third kappa shape index (κ3) is 12.3. The molecule has 0 bridgehead atoms. The Balaban J connectivity index is 0.000000212. The first-order chi connectivity index (χ1) is 25.8. The Hall–Kier alpha value is -3.47. The fraction of sp³-hybridized carbons (Fsp3) is 0.235. The van der Waals surface area contributed by atoms with E-state index >= 15 is 0 Å². The number of carbonyl (C=O) groups is 2. The van der Waals surface area contributed by atoms with Crippen LogP contribution >= 0.6 is 42.5 Å². The van der Waals surface area contributed by atoms with E-state index in [-0.39, 0.29) is 36.4 Å². The van der Waals surface area contributed by atoms with Gasteiger partial charge in [0.25, 0.3) is 20.9 Å². The number of amides is 2. The number of anilines is 2. The van der Waals surface area contributed by atoms with Gasteiger partial charge >= 0.3 is 0 Å². The standard InChI is InChI=1S/C17H15BrF2N2O4S.C13H8BrClFNO3S.C4H8FNO/c18-13-7-11(4-5-14(13)19)21-17(24)10-2-1-3-12(6-10)27(25,26)22-8-15(20)16(23)9-22;14-11-7-9(4-5-12(11)16)17-13(18)8-2-1-3-10(6-8)21(15,19)20;5-3-1-6-2-4(3)7/h1-7,15-16,23H,8-9H2,(H,21,24);1-7H,(H,17,18);3-4,6-7H,1-2H2. The third-order valence-electron chi connectivity index (χ3n) is 7.76. The maximum atomic E-state index is 13.5. The highest BCUT2D eigenvalue weighted by atomic mass is 79.9. The number of aliphatic hydroxyl groups is 2. The van der Waals surface area contributed by atoms with E-state index in [1.165, 1.54) is 78.9 Å². The summed E-state index contributed by atoms with van der Waals surface area (Å²) in [6.07, 6.45) is -4.83. The van der Waals surface area contributed by atoms with Gasteiger partial charge in [0.1, 0.15) is 30.1 Å². The van der Waals surface area contributed by atoms with Gasteiger partial charge in [0.2, 0.25) is 10.0 Å². The monoisotopic (exact) mass is 956 g/mol. The molecule has 2 fully saturated rings. The minimum Gasteiger partial charge on any atom is -0.389 e. The lowest BCUT2D eigenvalue weighted by molar-refractivity contribution is 0.101. The first-order valence-electron chi connectivity index (χ1n) is 15.8.